The van der Waals surface area contributed by atoms with Crippen LogP contribution in [0, 0.1) is 0 Å². The molecule has 120 valence electrons. The third-order valence-corrected chi connectivity index (χ3v) is 6.13. The molecule has 2 aliphatic heterocycles. The van der Waals surface area contributed by atoms with Crippen molar-refractivity contribution in [2.24, 2.45) is 0 Å². The molecule has 2 saturated heterocycles. The number of ether oxygens (including phenoxy) is 1. The van der Waals surface area contributed by atoms with Crippen molar-refractivity contribution < 1.29 is 4.74 Å². The Bertz CT molecular complexity index is 636. The Morgan fingerprint density at radius 3 is 2.43 bits per heavy atom. The molecule has 2 fully saturated rings. The highest BCUT2D eigenvalue weighted by molar-refractivity contribution is 7.99. The summed E-state index contributed by atoms with van der Waals surface area (Å²) in [7, 11) is 1.84. The standard InChI is InChI=1S/C19H22N2OS/c1-22-18-17-13-23-19(16-10-6-3-7-11-16)21(17)14-20(18)12-15-8-4-2-5-9-15/h2-11,17-19H,12-14H2,1H3/t17-,18?,19-/m0/s1. The van der Waals surface area contributed by atoms with Gasteiger partial charge in [0.05, 0.1) is 18.1 Å². The summed E-state index contributed by atoms with van der Waals surface area (Å²) in [5, 5.41) is 0.444. The maximum atomic E-state index is 5.87. The number of fused-ring (bicyclic) bond motifs is 1. The van der Waals surface area contributed by atoms with Gasteiger partial charge in [0.25, 0.3) is 0 Å². The molecule has 3 atom stereocenters. The van der Waals surface area contributed by atoms with E-state index in [0.29, 0.717) is 11.4 Å². The van der Waals surface area contributed by atoms with Crippen molar-refractivity contribution in [2.75, 3.05) is 19.5 Å². The second-order valence-corrected chi connectivity index (χ2v) is 7.29. The molecule has 0 N–H and O–H groups in total. The van der Waals surface area contributed by atoms with Crippen LogP contribution >= 0.6 is 11.8 Å². The van der Waals surface area contributed by atoms with Gasteiger partial charge in [-0.3, -0.25) is 9.80 Å². The SMILES string of the molecule is COC1[C@@H]2CS[C@@H](c3ccccc3)N2CN1Cc1ccccc1. The largest absolute Gasteiger partial charge is 0.365 e. The van der Waals surface area contributed by atoms with Crippen molar-refractivity contribution in [3.63, 3.8) is 0 Å². The second-order valence-electron chi connectivity index (χ2n) is 6.18. The monoisotopic (exact) mass is 326 g/mol. The molecule has 0 spiro atoms. The lowest BCUT2D eigenvalue weighted by Crippen LogP contribution is -2.37. The lowest BCUT2D eigenvalue weighted by atomic mass is 10.2. The van der Waals surface area contributed by atoms with Crippen molar-refractivity contribution in [2.45, 2.75) is 24.2 Å². The molecule has 4 rings (SSSR count). The second kappa shape index (κ2) is 6.65. The molecule has 23 heavy (non-hydrogen) atoms. The van der Waals surface area contributed by atoms with Gasteiger partial charge in [0.1, 0.15) is 6.23 Å². The smallest absolute Gasteiger partial charge is 0.128 e. The minimum atomic E-state index is 0.177. The molecule has 0 amide bonds. The molecule has 2 heterocycles. The van der Waals surface area contributed by atoms with Gasteiger partial charge in [0.2, 0.25) is 0 Å². The minimum absolute atomic E-state index is 0.177. The van der Waals surface area contributed by atoms with E-state index in [-0.39, 0.29) is 6.23 Å². The number of hydrogen-bond donors (Lipinski definition) is 0. The van der Waals surface area contributed by atoms with Crippen molar-refractivity contribution in [3.05, 3.63) is 71.8 Å². The molecule has 2 aromatic rings. The zero-order valence-corrected chi connectivity index (χ0v) is 14.2. The summed E-state index contributed by atoms with van der Waals surface area (Å²) in [5.74, 6) is 1.13. The van der Waals surface area contributed by atoms with E-state index in [9.17, 15) is 0 Å². The number of methoxy groups -OCH3 is 1. The van der Waals surface area contributed by atoms with Crippen LogP contribution in [0.15, 0.2) is 60.7 Å². The van der Waals surface area contributed by atoms with Gasteiger partial charge in [0, 0.05) is 19.4 Å². The van der Waals surface area contributed by atoms with Gasteiger partial charge in [-0.1, -0.05) is 60.7 Å². The average Bonchev–Trinajstić information content (AvgIpc) is 3.15. The number of hydrogen-bond acceptors (Lipinski definition) is 4. The van der Waals surface area contributed by atoms with Crippen LogP contribution in [0.3, 0.4) is 0 Å². The maximum absolute atomic E-state index is 5.87. The Labute approximate surface area is 142 Å². The Balaban J connectivity index is 1.54. The molecule has 0 radical (unpaired) electrons. The summed E-state index contributed by atoms with van der Waals surface area (Å²) in [6.07, 6.45) is 0.177. The number of nitrogens with zero attached hydrogens (tertiary/aromatic N) is 2. The van der Waals surface area contributed by atoms with Crippen LogP contribution in [0.2, 0.25) is 0 Å². The first kappa shape index (κ1) is 15.2. The molecule has 0 aliphatic carbocycles. The van der Waals surface area contributed by atoms with Crippen molar-refractivity contribution in [1.82, 2.24) is 9.80 Å². The predicted molar refractivity (Wildman–Crippen MR) is 94.9 cm³/mol. The summed E-state index contributed by atoms with van der Waals surface area (Å²) in [6, 6.07) is 22.0. The third-order valence-electron chi connectivity index (χ3n) is 4.74. The fourth-order valence-electron chi connectivity index (χ4n) is 3.68. The number of benzene rings is 2. The van der Waals surface area contributed by atoms with Crippen LogP contribution in [-0.2, 0) is 11.3 Å². The molecular weight excluding hydrogens is 304 g/mol. The number of rotatable bonds is 4. The highest BCUT2D eigenvalue weighted by atomic mass is 32.2. The normalized spacial score (nSPS) is 28.1. The summed E-state index contributed by atoms with van der Waals surface area (Å²) in [5.41, 5.74) is 2.75. The van der Waals surface area contributed by atoms with E-state index in [1.807, 2.05) is 18.9 Å². The topological polar surface area (TPSA) is 15.7 Å². The van der Waals surface area contributed by atoms with Gasteiger partial charge in [-0.15, -0.1) is 11.8 Å². The summed E-state index contributed by atoms with van der Waals surface area (Å²) >= 11 is 2.03. The van der Waals surface area contributed by atoms with E-state index in [1.54, 1.807) is 0 Å². The van der Waals surface area contributed by atoms with E-state index >= 15 is 0 Å². The molecule has 2 aromatic carbocycles. The zero-order chi connectivity index (χ0) is 15.6. The van der Waals surface area contributed by atoms with E-state index in [0.717, 1.165) is 19.0 Å². The fraction of sp³-hybridized carbons (Fsp3) is 0.368. The van der Waals surface area contributed by atoms with Crippen LogP contribution in [0.25, 0.3) is 0 Å². The van der Waals surface area contributed by atoms with Crippen LogP contribution in [0.4, 0.5) is 0 Å². The Morgan fingerprint density at radius 2 is 1.74 bits per heavy atom. The van der Waals surface area contributed by atoms with Gasteiger partial charge in [-0.25, -0.2) is 0 Å². The van der Waals surface area contributed by atoms with Crippen molar-refractivity contribution >= 4 is 11.8 Å². The highest BCUT2D eigenvalue weighted by Crippen LogP contribution is 2.46. The van der Waals surface area contributed by atoms with Gasteiger partial charge >= 0.3 is 0 Å². The zero-order valence-electron chi connectivity index (χ0n) is 13.3. The summed E-state index contributed by atoms with van der Waals surface area (Å²) in [6.45, 7) is 1.91. The number of thioether (sulfide) groups is 1. The molecule has 3 nitrogen and oxygen atoms in total. The van der Waals surface area contributed by atoms with E-state index in [2.05, 4.69) is 70.5 Å². The van der Waals surface area contributed by atoms with Crippen LogP contribution in [0.5, 0.6) is 0 Å². The van der Waals surface area contributed by atoms with E-state index < -0.39 is 0 Å². The van der Waals surface area contributed by atoms with Gasteiger partial charge in [0.15, 0.2) is 0 Å². The third kappa shape index (κ3) is 2.92. The van der Waals surface area contributed by atoms with Gasteiger partial charge in [-0.05, 0) is 11.1 Å². The Hall–Kier alpha value is -1.33. The Morgan fingerprint density at radius 1 is 1.04 bits per heavy atom. The lowest BCUT2D eigenvalue weighted by Gasteiger charge is -2.25. The van der Waals surface area contributed by atoms with Crippen LogP contribution in [-0.4, -0.2) is 41.6 Å². The van der Waals surface area contributed by atoms with Crippen LogP contribution in [0.1, 0.15) is 16.5 Å². The Kier molecular flexibility index (Phi) is 4.40. The summed E-state index contributed by atoms with van der Waals surface area (Å²) < 4.78 is 5.87. The molecular formula is C19H22N2OS. The molecule has 2 aliphatic rings. The first-order chi connectivity index (χ1) is 11.4. The lowest BCUT2D eigenvalue weighted by molar-refractivity contribution is -0.0153. The van der Waals surface area contributed by atoms with E-state index in [4.69, 9.17) is 4.74 Å². The predicted octanol–water partition coefficient (Wildman–Crippen LogP) is 3.55. The van der Waals surface area contributed by atoms with Gasteiger partial charge < -0.3 is 4.74 Å². The molecule has 1 unspecified atom stereocenters. The quantitative estimate of drug-likeness (QED) is 0.853. The highest BCUT2D eigenvalue weighted by Gasteiger charge is 2.47. The van der Waals surface area contributed by atoms with Gasteiger partial charge in [-0.2, -0.15) is 0 Å². The molecule has 0 aromatic heterocycles. The molecule has 0 bridgehead atoms. The first-order valence-electron chi connectivity index (χ1n) is 8.10. The maximum Gasteiger partial charge on any atom is 0.128 e. The summed E-state index contributed by atoms with van der Waals surface area (Å²) in [4.78, 5) is 5.05. The fourth-order valence-corrected chi connectivity index (χ4v) is 5.18. The molecule has 0 saturated carbocycles. The minimum Gasteiger partial charge on any atom is -0.365 e. The first-order valence-corrected chi connectivity index (χ1v) is 9.15. The van der Waals surface area contributed by atoms with Crippen molar-refractivity contribution in [3.8, 4) is 0 Å². The van der Waals surface area contributed by atoms with Crippen molar-refractivity contribution in [1.29, 1.82) is 0 Å². The average molecular weight is 326 g/mol. The van der Waals surface area contributed by atoms with E-state index in [1.165, 1.54) is 11.1 Å². The van der Waals surface area contributed by atoms with Crippen LogP contribution < -0.4 is 0 Å². The molecule has 4 heteroatoms.